The van der Waals surface area contributed by atoms with Crippen molar-refractivity contribution >= 4 is 28.5 Å². The van der Waals surface area contributed by atoms with Crippen LogP contribution in [0.4, 0.5) is 5.82 Å². The summed E-state index contributed by atoms with van der Waals surface area (Å²) in [6.45, 7) is 1.42. The zero-order chi connectivity index (χ0) is 20.4. The van der Waals surface area contributed by atoms with Crippen LogP contribution in [0.3, 0.4) is 0 Å². The third-order valence-corrected chi connectivity index (χ3v) is 4.39. The van der Waals surface area contributed by atoms with Gasteiger partial charge in [-0.05, 0) is 18.6 Å². The van der Waals surface area contributed by atoms with Gasteiger partial charge in [-0.1, -0.05) is 25.1 Å². The third kappa shape index (κ3) is 3.34. The molecule has 0 aliphatic carbocycles. The normalized spacial score (nSPS) is 10.9. The number of ether oxygens (including phenoxy) is 1. The fourth-order valence-electron chi connectivity index (χ4n) is 2.95. The number of hydrogen-bond donors (Lipinski definition) is 2. The fourth-order valence-corrected chi connectivity index (χ4v) is 2.95. The number of para-hydroxylation sites is 1. The van der Waals surface area contributed by atoms with E-state index in [1.165, 1.54) is 7.05 Å². The van der Waals surface area contributed by atoms with E-state index in [-0.39, 0.29) is 23.6 Å². The predicted octanol–water partition coefficient (Wildman–Crippen LogP) is 1.06. The average Bonchev–Trinajstić information content (AvgIpc) is 3.12. The molecule has 3 aromatic rings. The van der Waals surface area contributed by atoms with Crippen LogP contribution in [0.15, 0.2) is 39.9 Å². The summed E-state index contributed by atoms with van der Waals surface area (Å²) >= 11 is 0. The van der Waals surface area contributed by atoms with Gasteiger partial charge in [0.25, 0.3) is 5.56 Å². The minimum Gasteiger partial charge on any atom is -0.453 e. The first-order valence-corrected chi connectivity index (χ1v) is 8.72. The molecule has 0 bridgehead atoms. The van der Waals surface area contributed by atoms with Crippen molar-refractivity contribution in [2.24, 2.45) is 7.05 Å². The monoisotopic (exact) mass is 384 g/mol. The molecule has 0 saturated heterocycles. The van der Waals surface area contributed by atoms with Crippen molar-refractivity contribution in [3.05, 3.63) is 62.4 Å². The number of carbonyl (C=O) groups excluding carboxylic acids is 2. The number of nitrogens with one attached hydrogen (secondary N) is 1. The zero-order valence-electron chi connectivity index (χ0n) is 15.5. The molecule has 0 aliphatic rings. The van der Waals surface area contributed by atoms with Crippen LogP contribution in [0.1, 0.15) is 34.2 Å². The molecule has 9 nitrogen and oxygen atoms in total. The molecule has 0 saturated carbocycles. The average molecular weight is 384 g/mol. The van der Waals surface area contributed by atoms with Gasteiger partial charge in [-0.3, -0.25) is 18.7 Å². The fraction of sp³-hybridized carbons (Fsp3) is 0.263. The topological polar surface area (TPSA) is 129 Å². The summed E-state index contributed by atoms with van der Waals surface area (Å²) in [6.07, 6.45) is 0.589. The van der Waals surface area contributed by atoms with E-state index in [0.717, 1.165) is 20.0 Å². The van der Waals surface area contributed by atoms with Crippen molar-refractivity contribution in [2.45, 2.75) is 19.9 Å². The molecule has 0 aliphatic heterocycles. The number of ketones is 1. The second kappa shape index (κ2) is 7.55. The number of nitrogen functional groups attached to an aromatic ring is 1. The predicted molar refractivity (Wildman–Crippen MR) is 104 cm³/mol. The van der Waals surface area contributed by atoms with E-state index in [1.807, 2.05) is 25.1 Å². The summed E-state index contributed by atoms with van der Waals surface area (Å²) in [5.74, 6) is -1.73. The largest absolute Gasteiger partial charge is 0.453 e. The number of rotatable bonds is 6. The van der Waals surface area contributed by atoms with Gasteiger partial charge in [0.15, 0.2) is 6.61 Å². The van der Waals surface area contributed by atoms with Gasteiger partial charge >= 0.3 is 11.7 Å². The molecular weight excluding hydrogens is 364 g/mol. The van der Waals surface area contributed by atoms with Crippen molar-refractivity contribution in [1.82, 2.24) is 14.1 Å². The van der Waals surface area contributed by atoms with Crippen LogP contribution in [0.25, 0.3) is 10.9 Å². The Labute approximate surface area is 159 Å². The molecule has 0 unspecified atom stereocenters. The van der Waals surface area contributed by atoms with E-state index in [0.29, 0.717) is 6.42 Å². The minimum absolute atomic E-state index is 0.186. The molecule has 28 heavy (non-hydrogen) atoms. The van der Waals surface area contributed by atoms with E-state index >= 15 is 0 Å². The molecule has 3 rings (SSSR count). The van der Waals surface area contributed by atoms with Crippen LogP contribution in [0, 0.1) is 0 Å². The number of carbonyl (C=O) groups is 2. The van der Waals surface area contributed by atoms with Crippen LogP contribution < -0.4 is 17.0 Å². The zero-order valence-corrected chi connectivity index (χ0v) is 15.5. The van der Waals surface area contributed by atoms with Crippen molar-refractivity contribution in [2.75, 3.05) is 12.3 Å². The quantitative estimate of drug-likeness (QED) is 0.483. The van der Waals surface area contributed by atoms with Gasteiger partial charge in [0.1, 0.15) is 17.1 Å². The lowest BCUT2D eigenvalue weighted by Gasteiger charge is -2.13. The Kier molecular flexibility index (Phi) is 5.16. The summed E-state index contributed by atoms with van der Waals surface area (Å²) in [5, 5.41) is 0.825. The third-order valence-electron chi connectivity index (χ3n) is 4.39. The summed E-state index contributed by atoms with van der Waals surface area (Å²) in [5.41, 5.74) is 5.05. The van der Waals surface area contributed by atoms with Crippen molar-refractivity contribution in [3.63, 3.8) is 0 Å². The van der Waals surface area contributed by atoms with E-state index in [4.69, 9.17) is 10.5 Å². The Morgan fingerprint density at radius 3 is 2.61 bits per heavy atom. The Hall–Kier alpha value is -3.62. The molecule has 0 amide bonds. The first-order chi connectivity index (χ1) is 13.3. The first kappa shape index (κ1) is 19.2. The van der Waals surface area contributed by atoms with Crippen LogP contribution in [-0.2, 0) is 18.3 Å². The van der Waals surface area contributed by atoms with Gasteiger partial charge in [-0.25, -0.2) is 9.59 Å². The maximum atomic E-state index is 12.5. The first-order valence-electron chi connectivity index (χ1n) is 8.72. The smallest absolute Gasteiger partial charge is 0.355 e. The second-order valence-electron chi connectivity index (χ2n) is 6.33. The van der Waals surface area contributed by atoms with Gasteiger partial charge in [0.2, 0.25) is 5.78 Å². The summed E-state index contributed by atoms with van der Waals surface area (Å²) in [4.78, 5) is 52.2. The van der Waals surface area contributed by atoms with Gasteiger partial charge in [-0.2, -0.15) is 0 Å². The van der Waals surface area contributed by atoms with Crippen LogP contribution in [-0.4, -0.2) is 32.5 Å². The van der Waals surface area contributed by atoms with Crippen molar-refractivity contribution in [1.29, 1.82) is 0 Å². The van der Waals surface area contributed by atoms with E-state index in [1.54, 1.807) is 12.1 Å². The minimum atomic E-state index is -0.818. The lowest BCUT2D eigenvalue weighted by atomic mass is 10.2. The van der Waals surface area contributed by atoms with E-state index < -0.39 is 29.6 Å². The lowest BCUT2D eigenvalue weighted by Crippen LogP contribution is -2.43. The Morgan fingerprint density at radius 1 is 1.21 bits per heavy atom. The Balaban J connectivity index is 1.84. The van der Waals surface area contributed by atoms with Gasteiger partial charge in [0.05, 0.1) is 0 Å². The number of nitrogens with two attached hydrogens (primary N) is 1. The number of aromatic nitrogens is 3. The van der Waals surface area contributed by atoms with Gasteiger partial charge in [-0.15, -0.1) is 0 Å². The summed E-state index contributed by atoms with van der Waals surface area (Å²) in [7, 11) is 1.27. The summed E-state index contributed by atoms with van der Waals surface area (Å²) < 4.78 is 7.02. The van der Waals surface area contributed by atoms with E-state index in [9.17, 15) is 19.2 Å². The number of aromatic amines is 1. The maximum Gasteiger partial charge on any atom is 0.355 e. The number of Topliss-reactive ketones (excluding diaryl/α,β-unsaturated/α-hetero) is 1. The highest BCUT2D eigenvalue weighted by atomic mass is 16.5. The number of nitrogens with zero attached hydrogens (tertiary/aromatic N) is 2. The van der Waals surface area contributed by atoms with Crippen molar-refractivity contribution in [3.8, 4) is 0 Å². The number of fused-ring (bicyclic) bond motifs is 1. The second-order valence-corrected chi connectivity index (χ2v) is 6.33. The van der Waals surface area contributed by atoms with Crippen LogP contribution in [0.2, 0.25) is 0 Å². The summed E-state index contributed by atoms with van der Waals surface area (Å²) in [6, 6.07) is 8.89. The SMILES string of the molecule is CCCn1c(N)c(C(=O)COC(=O)c2cc3ccccc3[nH]2)c(=O)n(C)c1=O. The van der Waals surface area contributed by atoms with E-state index in [2.05, 4.69) is 4.98 Å². The molecule has 0 fully saturated rings. The Bertz CT molecular complexity index is 1150. The van der Waals surface area contributed by atoms with Crippen LogP contribution >= 0.6 is 0 Å². The van der Waals surface area contributed by atoms with Crippen LogP contribution in [0.5, 0.6) is 0 Å². The molecule has 0 spiro atoms. The van der Waals surface area contributed by atoms with Crippen molar-refractivity contribution < 1.29 is 14.3 Å². The molecule has 2 heterocycles. The maximum absolute atomic E-state index is 12.5. The molecule has 0 atom stereocenters. The molecular formula is C19H20N4O5. The number of esters is 1. The highest BCUT2D eigenvalue weighted by Crippen LogP contribution is 2.15. The lowest BCUT2D eigenvalue weighted by molar-refractivity contribution is 0.0469. The number of benzene rings is 1. The molecule has 9 heteroatoms. The number of anilines is 1. The highest BCUT2D eigenvalue weighted by Gasteiger charge is 2.23. The molecule has 146 valence electrons. The molecule has 0 radical (unpaired) electrons. The van der Waals surface area contributed by atoms with Gasteiger partial charge < -0.3 is 15.5 Å². The number of H-pyrrole nitrogens is 1. The molecule has 2 aromatic heterocycles. The molecule has 3 N–H and O–H groups in total. The Morgan fingerprint density at radius 2 is 1.93 bits per heavy atom. The highest BCUT2D eigenvalue weighted by molar-refractivity contribution is 6.02. The number of hydrogen-bond acceptors (Lipinski definition) is 6. The standard InChI is InChI=1S/C19H20N4O5/c1-3-8-23-16(20)15(17(25)22(2)19(23)27)14(24)10-28-18(26)13-9-11-6-4-5-7-12(11)21-13/h4-7,9,21H,3,8,10,20H2,1-2H3. The molecule has 1 aromatic carbocycles. The van der Waals surface area contributed by atoms with Gasteiger partial charge in [0, 0.05) is 24.5 Å².